The zero-order chi connectivity index (χ0) is 19.0. The van der Waals surface area contributed by atoms with E-state index >= 15 is 0 Å². The van der Waals surface area contributed by atoms with Gasteiger partial charge in [-0.2, -0.15) is 0 Å². The predicted molar refractivity (Wildman–Crippen MR) is 105 cm³/mol. The summed E-state index contributed by atoms with van der Waals surface area (Å²) in [7, 11) is -3.24. The Labute approximate surface area is 158 Å². The van der Waals surface area contributed by atoms with Crippen molar-refractivity contribution in [3.8, 4) is 0 Å². The van der Waals surface area contributed by atoms with Crippen LogP contribution in [0.25, 0.3) is 16.6 Å². The average Bonchev–Trinajstić information content (AvgIpc) is 3.28. The number of halogens is 1. The van der Waals surface area contributed by atoms with Crippen LogP contribution in [0.5, 0.6) is 0 Å². The van der Waals surface area contributed by atoms with E-state index in [1.54, 1.807) is 12.1 Å². The summed E-state index contributed by atoms with van der Waals surface area (Å²) < 4.78 is 37.0. The predicted octanol–water partition coefficient (Wildman–Crippen LogP) is 4.73. The third kappa shape index (κ3) is 3.81. The highest BCUT2D eigenvalue weighted by Crippen LogP contribution is 2.33. The monoisotopic (exact) mass is 384 g/mol. The number of fused-ring (bicyclic) bond motifs is 1. The van der Waals surface area contributed by atoms with E-state index in [1.807, 2.05) is 18.2 Å². The number of hydrogen-bond acceptors (Lipinski definition) is 3. The molecule has 1 aliphatic carbocycles. The van der Waals surface area contributed by atoms with Crippen LogP contribution in [0.2, 0.25) is 0 Å². The minimum absolute atomic E-state index is 0.298. The minimum Gasteiger partial charge on any atom is -0.339 e. The van der Waals surface area contributed by atoms with Gasteiger partial charge >= 0.3 is 0 Å². The van der Waals surface area contributed by atoms with Gasteiger partial charge in [-0.05, 0) is 48.6 Å². The molecule has 0 saturated heterocycles. The second kappa shape index (κ2) is 6.93. The molecule has 2 aromatic heterocycles. The molecule has 6 heteroatoms. The number of allylic oxidation sites excluding steroid dienone is 1. The highest BCUT2D eigenvalue weighted by atomic mass is 32.2. The van der Waals surface area contributed by atoms with Crippen LogP contribution in [0.1, 0.15) is 36.9 Å². The lowest BCUT2D eigenvalue weighted by atomic mass is 9.96. The lowest BCUT2D eigenvalue weighted by Crippen LogP contribution is -1.98. The first-order chi connectivity index (χ1) is 12.9. The fourth-order valence-electron chi connectivity index (χ4n) is 3.72. The van der Waals surface area contributed by atoms with Gasteiger partial charge in [-0.1, -0.05) is 31.1 Å². The molecule has 4 nitrogen and oxygen atoms in total. The number of pyridine rings is 1. The normalized spacial score (nSPS) is 16.3. The molecule has 27 heavy (non-hydrogen) atoms. The van der Waals surface area contributed by atoms with Crippen LogP contribution >= 0.6 is 0 Å². The molecule has 0 bridgehead atoms. The molecule has 0 unspecified atom stereocenters. The number of hydrogen-bond donors (Lipinski definition) is 1. The summed E-state index contributed by atoms with van der Waals surface area (Å²) in [5, 5.41) is 0.718. The number of aromatic nitrogens is 2. The maximum absolute atomic E-state index is 13.5. The number of aromatic amines is 1. The molecule has 0 atom stereocenters. The molecule has 0 amide bonds. The molecular formula is C21H21FN2O2S. The Hall–Kier alpha value is -2.47. The molecule has 0 spiro atoms. The quantitative estimate of drug-likeness (QED) is 0.707. The van der Waals surface area contributed by atoms with E-state index in [1.165, 1.54) is 31.4 Å². The zero-order valence-electron chi connectivity index (χ0n) is 15.1. The Morgan fingerprint density at radius 3 is 2.56 bits per heavy atom. The van der Waals surface area contributed by atoms with E-state index in [-0.39, 0.29) is 5.82 Å². The van der Waals surface area contributed by atoms with Gasteiger partial charge in [0.25, 0.3) is 0 Å². The second-order valence-corrected chi connectivity index (χ2v) is 9.21. The smallest absolute Gasteiger partial charge is 0.175 e. The molecule has 0 aliphatic heterocycles. The summed E-state index contributed by atoms with van der Waals surface area (Å²) in [5.41, 5.74) is 3.43. The maximum atomic E-state index is 13.5. The highest BCUT2D eigenvalue weighted by Gasteiger charge is 2.17. The van der Waals surface area contributed by atoms with Crippen LogP contribution in [0, 0.1) is 11.7 Å². The van der Waals surface area contributed by atoms with Gasteiger partial charge in [0.1, 0.15) is 11.5 Å². The summed E-state index contributed by atoms with van der Waals surface area (Å²) in [4.78, 5) is 7.69. The summed E-state index contributed by atoms with van der Waals surface area (Å²) >= 11 is 0. The van der Waals surface area contributed by atoms with Gasteiger partial charge in [-0.15, -0.1) is 0 Å². The first kappa shape index (κ1) is 17.9. The number of H-pyrrole nitrogens is 1. The first-order valence-corrected chi connectivity index (χ1v) is 11.0. The van der Waals surface area contributed by atoms with Crippen LogP contribution in [0.4, 0.5) is 4.39 Å². The standard InChI is InChI=1S/C21H21FN2O2S/c1-27(25,26)18-8-6-15(7-9-18)19(10-14-4-2-3-5-14)20-12-16-11-17(22)13-23-21(16)24-20/h6-14H,2-5H2,1H3,(H,23,24)/b19-10-. The fourth-order valence-corrected chi connectivity index (χ4v) is 4.35. The number of rotatable bonds is 4. The Morgan fingerprint density at radius 1 is 1.19 bits per heavy atom. The van der Waals surface area contributed by atoms with E-state index < -0.39 is 9.84 Å². The Balaban J connectivity index is 1.81. The van der Waals surface area contributed by atoms with Gasteiger partial charge in [0.15, 0.2) is 9.84 Å². The minimum atomic E-state index is -3.24. The van der Waals surface area contributed by atoms with Crippen LogP contribution in [-0.4, -0.2) is 24.6 Å². The Bertz CT molecular complexity index is 1110. The van der Waals surface area contributed by atoms with Crippen molar-refractivity contribution < 1.29 is 12.8 Å². The van der Waals surface area contributed by atoms with Gasteiger partial charge in [0, 0.05) is 22.9 Å². The molecule has 1 saturated carbocycles. The van der Waals surface area contributed by atoms with Crippen molar-refractivity contribution in [1.29, 1.82) is 0 Å². The Morgan fingerprint density at radius 2 is 1.89 bits per heavy atom. The summed E-state index contributed by atoms with van der Waals surface area (Å²) in [6, 6.07) is 10.3. The van der Waals surface area contributed by atoms with Gasteiger partial charge in [-0.3, -0.25) is 0 Å². The molecule has 140 valence electrons. The third-order valence-electron chi connectivity index (χ3n) is 5.12. The zero-order valence-corrected chi connectivity index (χ0v) is 15.9. The molecule has 3 aromatic rings. The van der Waals surface area contributed by atoms with E-state index in [0.717, 1.165) is 35.1 Å². The highest BCUT2D eigenvalue weighted by molar-refractivity contribution is 7.90. The summed E-state index contributed by atoms with van der Waals surface area (Å²) in [5.74, 6) is 0.123. The molecule has 1 fully saturated rings. The van der Waals surface area contributed by atoms with Crippen molar-refractivity contribution in [3.05, 3.63) is 65.7 Å². The topological polar surface area (TPSA) is 62.8 Å². The van der Waals surface area contributed by atoms with Crippen molar-refractivity contribution in [2.75, 3.05) is 6.26 Å². The van der Waals surface area contributed by atoms with Gasteiger partial charge in [0.2, 0.25) is 0 Å². The first-order valence-electron chi connectivity index (χ1n) is 9.07. The molecule has 2 heterocycles. The van der Waals surface area contributed by atoms with Gasteiger partial charge in [-0.25, -0.2) is 17.8 Å². The van der Waals surface area contributed by atoms with Gasteiger partial charge in [0.05, 0.1) is 11.1 Å². The summed E-state index contributed by atoms with van der Waals surface area (Å²) in [6.45, 7) is 0. The van der Waals surface area contributed by atoms with Gasteiger partial charge < -0.3 is 4.98 Å². The Kier molecular flexibility index (Phi) is 4.60. The van der Waals surface area contributed by atoms with E-state index in [4.69, 9.17) is 0 Å². The lowest BCUT2D eigenvalue weighted by molar-refractivity contribution is 0.602. The second-order valence-electron chi connectivity index (χ2n) is 7.20. The van der Waals surface area contributed by atoms with Crippen LogP contribution in [0.3, 0.4) is 0 Å². The van der Waals surface area contributed by atoms with E-state index in [2.05, 4.69) is 16.0 Å². The molecular weight excluding hydrogens is 363 g/mol. The van der Waals surface area contributed by atoms with Crippen molar-refractivity contribution in [3.63, 3.8) is 0 Å². The van der Waals surface area contributed by atoms with E-state index in [0.29, 0.717) is 16.5 Å². The maximum Gasteiger partial charge on any atom is 0.175 e. The third-order valence-corrected chi connectivity index (χ3v) is 6.25. The number of sulfone groups is 1. The van der Waals surface area contributed by atoms with Crippen LogP contribution < -0.4 is 0 Å². The van der Waals surface area contributed by atoms with Crippen LogP contribution in [0.15, 0.2) is 53.6 Å². The molecule has 1 aliphatic rings. The number of nitrogens with one attached hydrogen (secondary N) is 1. The van der Waals surface area contributed by atoms with Crippen molar-refractivity contribution in [2.45, 2.75) is 30.6 Å². The van der Waals surface area contributed by atoms with Crippen molar-refractivity contribution in [2.24, 2.45) is 5.92 Å². The number of benzene rings is 1. The molecule has 1 N–H and O–H groups in total. The lowest BCUT2D eigenvalue weighted by Gasteiger charge is -2.11. The SMILES string of the molecule is CS(=O)(=O)c1ccc(/C(=C/C2CCCC2)c2cc3cc(F)cnc3[nH]2)cc1. The average molecular weight is 384 g/mol. The largest absolute Gasteiger partial charge is 0.339 e. The summed E-state index contributed by atoms with van der Waals surface area (Å²) in [6.07, 6.45) is 9.40. The molecule has 4 rings (SSSR count). The van der Waals surface area contributed by atoms with Crippen molar-refractivity contribution in [1.82, 2.24) is 9.97 Å². The molecule has 1 aromatic carbocycles. The fraction of sp³-hybridized carbons (Fsp3) is 0.286. The van der Waals surface area contributed by atoms with E-state index in [9.17, 15) is 12.8 Å². The van der Waals surface area contributed by atoms with Crippen molar-refractivity contribution >= 4 is 26.4 Å². The van der Waals surface area contributed by atoms with Crippen LogP contribution in [-0.2, 0) is 9.84 Å². The molecule has 0 radical (unpaired) electrons. The number of nitrogens with zero attached hydrogens (tertiary/aromatic N) is 1.